The summed E-state index contributed by atoms with van der Waals surface area (Å²) in [5.41, 5.74) is 6.84. The van der Waals surface area contributed by atoms with Crippen molar-refractivity contribution in [1.82, 2.24) is 10.2 Å². The van der Waals surface area contributed by atoms with Crippen molar-refractivity contribution in [3.8, 4) is 0 Å². The number of hydrogen-bond acceptors (Lipinski definition) is 3. The van der Waals surface area contributed by atoms with Crippen molar-refractivity contribution < 1.29 is 9.18 Å². The first-order chi connectivity index (χ1) is 10.5. The summed E-state index contributed by atoms with van der Waals surface area (Å²) < 4.78 is 12.9. The molecule has 1 aromatic carbocycles. The summed E-state index contributed by atoms with van der Waals surface area (Å²) in [5.74, 6) is 0.313. The number of benzene rings is 1. The number of hydrogen-bond donors (Lipinski definition) is 2. The molecule has 23 heavy (non-hydrogen) atoms. The highest BCUT2D eigenvalue weighted by Gasteiger charge is 2.23. The molecule has 1 aliphatic heterocycles. The van der Waals surface area contributed by atoms with Crippen LogP contribution in [-0.2, 0) is 4.79 Å². The van der Waals surface area contributed by atoms with Gasteiger partial charge in [0, 0.05) is 6.04 Å². The predicted octanol–water partition coefficient (Wildman–Crippen LogP) is 2.48. The second-order valence-corrected chi connectivity index (χ2v) is 6.31. The van der Waals surface area contributed by atoms with Crippen molar-refractivity contribution in [2.24, 2.45) is 11.7 Å². The Morgan fingerprint density at radius 2 is 1.87 bits per heavy atom. The van der Waals surface area contributed by atoms with E-state index in [1.807, 2.05) is 6.92 Å². The molecule has 2 rings (SSSR count). The smallest absolute Gasteiger partial charge is 0.234 e. The number of nitrogens with two attached hydrogens (primary N) is 1. The second kappa shape index (κ2) is 9.21. The molecule has 1 saturated heterocycles. The second-order valence-electron chi connectivity index (χ2n) is 6.31. The number of nitrogens with zero attached hydrogens (tertiary/aromatic N) is 1. The van der Waals surface area contributed by atoms with Crippen molar-refractivity contribution in [3.63, 3.8) is 0 Å². The minimum Gasteiger partial charge on any atom is -0.348 e. The molecule has 1 aromatic rings. The van der Waals surface area contributed by atoms with Crippen LogP contribution in [0.25, 0.3) is 0 Å². The molecule has 0 saturated carbocycles. The standard InChI is InChI=1S/C17H26FN3O.ClH/c1-12(19)14-7-9-21(10-8-14)11-17(22)20-13(2)15-3-5-16(18)6-4-15;/h3-6,12-14H,7-11,19H2,1-2H3,(H,20,22);1H. The van der Waals surface area contributed by atoms with Crippen molar-refractivity contribution in [2.45, 2.75) is 38.8 Å². The average Bonchev–Trinajstić information content (AvgIpc) is 2.48. The minimum atomic E-state index is -0.265. The van der Waals surface area contributed by atoms with E-state index in [0.29, 0.717) is 12.5 Å². The van der Waals surface area contributed by atoms with Crippen molar-refractivity contribution >= 4 is 18.3 Å². The van der Waals surface area contributed by atoms with Crippen molar-refractivity contribution in [3.05, 3.63) is 35.6 Å². The molecule has 0 bridgehead atoms. The maximum absolute atomic E-state index is 12.9. The van der Waals surface area contributed by atoms with Gasteiger partial charge in [-0.3, -0.25) is 9.69 Å². The molecule has 1 aliphatic rings. The van der Waals surface area contributed by atoms with Gasteiger partial charge in [0.15, 0.2) is 0 Å². The number of carbonyl (C=O) groups is 1. The fourth-order valence-electron chi connectivity index (χ4n) is 2.96. The third-order valence-corrected chi connectivity index (χ3v) is 4.49. The number of amides is 1. The Morgan fingerprint density at radius 1 is 1.30 bits per heavy atom. The van der Waals surface area contributed by atoms with Gasteiger partial charge in [0.05, 0.1) is 12.6 Å². The van der Waals surface area contributed by atoms with E-state index >= 15 is 0 Å². The predicted molar refractivity (Wildman–Crippen MR) is 93.0 cm³/mol. The van der Waals surface area contributed by atoms with Gasteiger partial charge in [0.2, 0.25) is 5.91 Å². The summed E-state index contributed by atoms with van der Waals surface area (Å²) >= 11 is 0. The van der Waals surface area contributed by atoms with E-state index in [2.05, 4.69) is 17.1 Å². The molecule has 1 fully saturated rings. The average molecular weight is 344 g/mol. The van der Waals surface area contributed by atoms with E-state index < -0.39 is 0 Å². The highest BCUT2D eigenvalue weighted by Crippen LogP contribution is 2.19. The van der Waals surface area contributed by atoms with Gasteiger partial charge in [-0.2, -0.15) is 0 Å². The lowest BCUT2D eigenvalue weighted by Gasteiger charge is -2.33. The first kappa shape index (κ1) is 19.9. The Balaban J connectivity index is 0.00000264. The summed E-state index contributed by atoms with van der Waals surface area (Å²) in [5, 5.41) is 2.97. The number of nitrogens with one attached hydrogen (secondary N) is 1. The van der Waals surface area contributed by atoms with Gasteiger partial charge < -0.3 is 11.1 Å². The summed E-state index contributed by atoms with van der Waals surface area (Å²) in [6, 6.07) is 6.35. The van der Waals surface area contributed by atoms with Gasteiger partial charge >= 0.3 is 0 Å². The van der Waals surface area contributed by atoms with Gasteiger partial charge in [-0.25, -0.2) is 4.39 Å². The van der Waals surface area contributed by atoms with Crippen LogP contribution >= 0.6 is 12.4 Å². The van der Waals surface area contributed by atoms with Crippen molar-refractivity contribution in [1.29, 1.82) is 0 Å². The molecule has 0 aliphatic carbocycles. The van der Waals surface area contributed by atoms with Crippen LogP contribution in [0, 0.1) is 11.7 Å². The largest absolute Gasteiger partial charge is 0.348 e. The molecule has 1 heterocycles. The Labute approximate surface area is 144 Å². The van der Waals surface area contributed by atoms with Crippen molar-refractivity contribution in [2.75, 3.05) is 19.6 Å². The molecule has 1 amide bonds. The minimum absolute atomic E-state index is 0. The van der Waals surface area contributed by atoms with Gasteiger partial charge in [-0.05, 0) is 63.4 Å². The number of likely N-dealkylation sites (tertiary alicyclic amines) is 1. The van der Waals surface area contributed by atoms with Crippen LogP contribution in [0.2, 0.25) is 0 Å². The fourth-order valence-corrected chi connectivity index (χ4v) is 2.96. The molecule has 4 nitrogen and oxygen atoms in total. The Morgan fingerprint density at radius 3 is 2.39 bits per heavy atom. The van der Waals surface area contributed by atoms with E-state index in [1.165, 1.54) is 12.1 Å². The van der Waals surface area contributed by atoms with E-state index in [-0.39, 0.29) is 36.2 Å². The SMILES string of the molecule is CC(NC(=O)CN1CCC(C(C)N)CC1)c1ccc(F)cc1.Cl. The normalized spacial score (nSPS) is 18.8. The Hall–Kier alpha value is -1.17. The number of carbonyl (C=O) groups excluding carboxylic acids is 1. The lowest BCUT2D eigenvalue weighted by molar-refractivity contribution is -0.123. The summed E-state index contributed by atoms with van der Waals surface area (Å²) in [6.07, 6.45) is 2.11. The van der Waals surface area contributed by atoms with Crippen LogP contribution in [-0.4, -0.2) is 36.5 Å². The molecule has 3 N–H and O–H groups in total. The molecule has 6 heteroatoms. The topological polar surface area (TPSA) is 58.4 Å². The highest BCUT2D eigenvalue weighted by molar-refractivity contribution is 5.85. The van der Waals surface area contributed by atoms with Gasteiger partial charge in [0.1, 0.15) is 5.82 Å². The summed E-state index contributed by atoms with van der Waals surface area (Å²) in [6.45, 7) is 6.22. The third kappa shape index (κ3) is 6.09. The quantitative estimate of drug-likeness (QED) is 0.863. The first-order valence-electron chi connectivity index (χ1n) is 7.98. The number of piperidine rings is 1. The molecule has 0 spiro atoms. The van der Waals surface area contributed by atoms with E-state index in [0.717, 1.165) is 31.5 Å². The zero-order valence-corrected chi connectivity index (χ0v) is 14.6. The number of halogens is 2. The molecule has 0 radical (unpaired) electrons. The Bertz CT molecular complexity index is 487. The van der Waals surface area contributed by atoms with Crippen LogP contribution in [0.1, 0.15) is 38.3 Å². The molecular weight excluding hydrogens is 317 g/mol. The maximum Gasteiger partial charge on any atom is 0.234 e. The van der Waals surface area contributed by atoms with Crippen LogP contribution in [0.15, 0.2) is 24.3 Å². The molecule has 130 valence electrons. The maximum atomic E-state index is 12.9. The van der Waals surface area contributed by atoms with Gasteiger partial charge in [0.25, 0.3) is 0 Å². The number of rotatable bonds is 5. The van der Waals surface area contributed by atoms with Crippen LogP contribution in [0.4, 0.5) is 4.39 Å². The molecule has 2 unspecified atom stereocenters. The molecule has 0 aromatic heterocycles. The fraction of sp³-hybridized carbons (Fsp3) is 0.588. The van der Waals surface area contributed by atoms with E-state index in [1.54, 1.807) is 12.1 Å². The highest BCUT2D eigenvalue weighted by atomic mass is 35.5. The van der Waals surface area contributed by atoms with E-state index in [4.69, 9.17) is 5.73 Å². The molecular formula is C17H27ClFN3O. The van der Waals surface area contributed by atoms with Gasteiger partial charge in [-0.15, -0.1) is 12.4 Å². The third-order valence-electron chi connectivity index (χ3n) is 4.49. The van der Waals surface area contributed by atoms with E-state index in [9.17, 15) is 9.18 Å². The first-order valence-corrected chi connectivity index (χ1v) is 7.98. The van der Waals surface area contributed by atoms with Crippen LogP contribution < -0.4 is 11.1 Å². The lowest BCUT2D eigenvalue weighted by Crippen LogP contribution is -2.44. The van der Waals surface area contributed by atoms with Crippen LogP contribution in [0.3, 0.4) is 0 Å². The molecule has 2 atom stereocenters. The zero-order chi connectivity index (χ0) is 16.1. The lowest BCUT2D eigenvalue weighted by atomic mass is 9.91. The van der Waals surface area contributed by atoms with Gasteiger partial charge in [-0.1, -0.05) is 12.1 Å². The van der Waals surface area contributed by atoms with Crippen LogP contribution in [0.5, 0.6) is 0 Å². The summed E-state index contributed by atoms with van der Waals surface area (Å²) in [4.78, 5) is 14.3. The summed E-state index contributed by atoms with van der Waals surface area (Å²) in [7, 11) is 0. The monoisotopic (exact) mass is 343 g/mol. The Kier molecular flexibility index (Phi) is 7.95. The zero-order valence-electron chi connectivity index (χ0n) is 13.8.